The Bertz CT molecular complexity index is 1340. The monoisotopic (exact) mass is 531 g/mol. The van der Waals surface area contributed by atoms with Crippen LogP contribution >= 0.6 is 11.8 Å². The largest absolute Gasteiger partial charge is 0.454 e. The fourth-order valence-electron chi connectivity index (χ4n) is 4.75. The van der Waals surface area contributed by atoms with Crippen LogP contribution in [0.5, 0.6) is 11.5 Å². The van der Waals surface area contributed by atoms with Crippen LogP contribution in [-0.2, 0) is 26.1 Å². The summed E-state index contributed by atoms with van der Waals surface area (Å²) in [4.78, 5) is 8.53. The molecular formula is C31H34FN3O2S. The Kier molecular flexibility index (Phi) is 8.66. The first-order chi connectivity index (χ1) is 18.6. The standard InChI is InChI=1S/C31H34FN3O2S/c1-3-4-16-35-27(19-33-31(35)25-8-10-26(32)11-9-25)21-34(17-15-23-5-12-28(38-2)13-6-23)20-24-7-14-29-30(18-24)37-22-36-29/h5-14,18-19H,3-4,15-17,20-22H2,1-2H3. The predicted octanol–water partition coefficient (Wildman–Crippen LogP) is 7.18. The average molecular weight is 532 g/mol. The summed E-state index contributed by atoms with van der Waals surface area (Å²) in [6.45, 7) is 5.80. The fraction of sp³-hybridized carbons (Fsp3) is 0.323. The summed E-state index contributed by atoms with van der Waals surface area (Å²) in [5.41, 5.74) is 4.61. The van der Waals surface area contributed by atoms with Crippen molar-refractivity contribution in [2.24, 2.45) is 0 Å². The van der Waals surface area contributed by atoms with E-state index in [1.54, 1.807) is 11.8 Å². The summed E-state index contributed by atoms with van der Waals surface area (Å²) in [6.07, 6.45) is 7.18. The van der Waals surface area contributed by atoms with Gasteiger partial charge in [0.25, 0.3) is 0 Å². The van der Waals surface area contributed by atoms with E-state index in [-0.39, 0.29) is 12.6 Å². The molecule has 5 nitrogen and oxygen atoms in total. The minimum absolute atomic E-state index is 0.235. The van der Waals surface area contributed by atoms with Gasteiger partial charge in [-0.2, -0.15) is 0 Å². The van der Waals surface area contributed by atoms with Gasteiger partial charge in [-0.1, -0.05) is 31.5 Å². The van der Waals surface area contributed by atoms with E-state index < -0.39 is 0 Å². The van der Waals surface area contributed by atoms with Crippen molar-refractivity contribution in [3.63, 3.8) is 0 Å². The van der Waals surface area contributed by atoms with Crippen LogP contribution in [0.2, 0.25) is 0 Å². The minimum Gasteiger partial charge on any atom is -0.454 e. The second-order valence-electron chi connectivity index (χ2n) is 9.58. The highest BCUT2D eigenvalue weighted by atomic mass is 32.2. The maximum Gasteiger partial charge on any atom is 0.231 e. The molecule has 0 saturated carbocycles. The summed E-state index contributed by atoms with van der Waals surface area (Å²) in [6, 6.07) is 21.7. The van der Waals surface area contributed by atoms with Gasteiger partial charge in [0.2, 0.25) is 6.79 Å². The second kappa shape index (κ2) is 12.5. The molecule has 0 bridgehead atoms. The smallest absolute Gasteiger partial charge is 0.231 e. The van der Waals surface area contributed by atoms with Crippen molar-refractivity contribution in [3.8, 4) is 22.9 Å². The van der Waals surface area contributed by atoms with Crippen molar-refractivity contribution in [2.75, 3.05) is 19.6 Å². The second-order valence-corrected chi connectivity index (χ2v) is 10.5. The summed E-state index contributed by atoms with van der Waals surface area (Å²) in [7, 11) is 0. The number of hydrogen-bond donors (Lipinski definition) is 0. The molecule has 1 aliphatic rings. The Balaban J connectivity index is 1.40. The van der Waals surface area contributed by atoms with E-state index in [0.717, 1.165) is 74.0 Å². The molecule has 0 atom stereocenters. The third-order valence-electron chi connectivity index (χ3n) is 6.88. The lowest BCUT2D eigenvalue weighted by atomic mass is 10.1. The number of nitrogens with zero attached hydrogens (tertiary/aromatic N) is 3. The van der Waals surface area contributed by atoms with Crippen LogP contribution < -0.4 is 9.47 Å². The number of imidazole rings is 1. The molecule has 2 heterocycles. The van der Waals surface area contributed by atoms with E-state index in [9.17, 15) is 4.39 Å². The highest BCUT2D eigenvalue weighted by Gasteiger charge is 2.18. The number of ether oxygens (including phenoxy) is 2. The van der Waals surface area contributed by atoms with Gasteiger partial charge in [-0.25, -0.2) is 9.37 Å². The Morgan fingerprint density at radius 3 is 2.47 bits per heavy atom. The number of benzene rings is 3. The van der Waals surface area contributed by atoms with Crippen LogP contribution in [0.15, 0.2) is 77.8 Å². The van der Waals surface area contributed by atoms with E-state index in [4.69, 9.17) is 14.5 Å². The van der Waals surface area contributed by atoms with E-state index in [0.29, 0.717) is 0 Å². The Hall–Kier alpha value is -3.29. The molecule has 0 unspecified atom stereocenters. The highest BCUT2D eigenvalue weighted by molar-refractivity contribution is 7.98. The van der Waals surface area contributed by atoms with Gasteiger partial charge in [0.15, 0.2) is 11.5 Å². The van der Waals surface area contributed by atoms with Crippen LogP contribution in [-0.4, -0.2) is 34.0 Å². The third-order valence-corrected chi connectivity index (χ3v) is 7.62. The number of unbranched alkanes of at least 4 members (excludes halogenated alkanes) is 1. The van der Waals surface area contributed by atoms with E-state index in [2.05, 4.69) is 59.0 Å². The number of aromatic nitrogens is 2. The van der Waals surface area contributed by atoms with Gasteiger partial charge in [-0.3, -0.25) is 4.90 Å². The molecule has 0 saturated heterocycles. The number of halogens is 1. The molecule has 198 valence electrons. The zero-order valence-corrected chi connectivity index (χ0v) is 22.8. The molecule has 4 aromatic rings. The molecule has 0 amide bonds. The van der Waals surface area contributed by atoms with Crippen molar-refractivity contribution in [2.45, 2.75) is 50.7 Å². The topological polar surface area (TPSA) is 39.5 Å². The SMILES string of the molecule is CCCCn1c(CN(CCc2ccc(SC)cc2)Cc2ccc3c(c2)OCO3)cnc1-c1ccc(F)cc1. The fourth-order valence-corrected chi connectivity index (χ4v) is 5.16. The van der Waals surface area contributed by atoms with Gasteiger partial charge in [0.1, 0.15) is 11.6 Å². The van der Waals surface area contributed by atoms with E-state index >= 15 is 0 Å². The van der Waals surface area contributed by atoms with Crippen LogP contribution in [0.25, 0.3) is 11.4 Å². The molecule has 3 aromatic carbocycles. The maximum absolute atomic E-state index is 13.6. The van der Waals surface area contributed by atoms with Gasteiger partial charge in [-0.15, -0.1) is 11.8 Å². The zero-order valence-electron chi connectivity index (χ0n) is 22.0. The molecular weight excluding hydrogens is 497 g/mol. The first-order valence-electron chi connectivity index (χ1n) is 13.2. The summed E-state index contributed by atoms with van der Waals surface area (Å²) >= 11 is 1.76. The predicted molar refractivity (Wildman–Crippen MR) is 151 cm³/mol. The molecule has 0 fully saturated rings. The third kappa shape index (κ3) is 6.40. The van der Waals surface area contributed by atoms with Gasteiger partial charge in [0, 0.05) is 36.6 Å². The molecule has 0 spiro atoms. The van der Waals surface area contributed by atoms with Crippen LogP contribution in [0, 0.1) is 5.82 Å². The van der Waals surface area contributed by atoms with E-state index in [1.165, 1.54) is 28.2 Å². The van der Waals surface area contributed by atoms with Crippen LogP contribution in [0.3, 0.4) is 0 Å². The first-order valence-corrected chi connectivity index (χ1v) is 14.4. The van der Waals surface area contributed by atoms with Crippen LogP contribution in [0.4, 0.5) is 4.39 Å². The lowest BCUT2D eigenvalue weighted by Gasteiger charge is -2.24. The molecule has 38 heavy (non-hydrogen) atoms. The highest BCUT2D eigenvalue weighted by Crippen LogP contribution is 2.33. The number of fused-ring (bicyclic) bond motifs is 1. The normalized spacial score (nSPS) is 12.4. The lowest BCUT2D eigenvalue weighted by molar-refractivity contribution is 0.174. The quantitative estimate of drug-likeness (QED) is 0.181. The lowest BCUT2D eigenvalue weighted by Crippen LogP contribution is -2.27. The van der Waals surface area contributed by atoms with Gasteiger partial charge in [0.05, 0.1) is 11.9 Å². The van der Waals surface area contributed by atoms with Crippen LogP contribution in [0.1, 0.15) is 36.6 Å². The molecule has 1 aromatic heterocycles. The Morgan fingerprint density at radius 2 is 1.71 bits per heavy atom. The summed E-state index contributed by atoms with van der Waals surface area (Å²) < 4.78 is 27.0. The van der Waals surface area contributed by atoms with Crippen molar-refractivity contribution >= 4 is 11.8 Å². The maximum atomic E-state index is 13.6. The van der Waals surface area contributed by atoms with Gasteiger partial charge in [-0.05, 0) is 78.8 Å². The molecule has 5 rings (SSSR count). The first kappa shape index (κ1) is 26.3. The zero-order chi connectivity index (χ0) is 26.3. The molecule has 1 aliphatic heterocycles. The van der Waals surface area contributed by atoms with Crippen molar-refractivity contribution in [1.82, 2.24) is 14.5 Å². The number of thioether (sulfide) groups is 1. The summed E-state index contributed by atoms with van der Waals surface area (Å²) in [5, 5.41) is 0. The van der Waals surface area contributed by atoms with Crippen molar-refractivity contribution < 1.29 is 13.9 Å². The average Bonchev–Trinajstić information content (AvgIpc) is 3.58. The Morgan fingerprint density at radius 1 is 0.947 bits per heavy atom. The summed E-state index contributed by atoms with van der Waals surface area (Å²) in [5.74, 6) is 2.27. The van der Waals surface area contributed by atoms with E-state index in [1.807, 2.05) is 24.4 Å². The molecule has 0 aliphatic carbocycles. The molecule has 0 radical (unpaired) electrons. The Labute approximate surface area is 228 Å². The molecule has 7 heteroatoms. The van der Waals surface area contributed by atoms with Crippen molar-refractivity contribution in [3.05, 3.63) is 95.6 Å². The van der Waals surface area contributed by atoms with Gasteiger partial charge >= 0.3 is 0 Å². The van der Waals surface area contributed by atoms with Gasteiger partial charge < -0.3 is 14.0 Å². The minimum atomic E-state index is -0.235. The molecule has 0 N–H and O–H groups in total. The number of rotatable bonds is 12. The van der Waals surface area contributed by atoms with Crippen molar-refractivity contribution in [1.29, 1.82) is 0 Å². The number of hydrogen-bond acceptors (Lipinski definition) is 5.